The van der Waals surface area contributed by atoms with Gasteiger partial charge in [-0.1, -0.05) is 11.6 Å². The van der Waals surface area contributed by atoms with Crippen molar-refractivity contribution in [1.82, 2.24) is 9.78 Å². The minimum atomic E-state index is -4.71. The normalized spacial score (nSPS) is 11.4. The fraction of sp³-hybridized carbons (Fsp3) is 0.0909. The maximum Gasteiger partial charge on any atom is 0.433 e. The van der Waals surface area contributed by atoms with Gasteiger partial charge < -0.3 is 5.32 Å². The molecule has 2 aromatic rings. The standard InChI is InChI=1S/C11H6ClF4N3O/c12-7-3-6(13)1-2-8(7)19-9(11(14,15)16)4-10(18-19)17-5-20/h1-5H,(H,17,18,20). The van der Waals surface area contributed by atoms with Crippen molar-refractivity contribution in [2.45, 2.75) is 6.18 Å². The van der Waals surface area contributed by atoms with Crippen LogP contribution in [0.5, 0.6) is 0 Å². The van der Waals surface area contributed by atoms with Crippen molar-refractivity contribution in [2.75, 3.05) is 5.32 Å². The second kappa shape index (κ2) is 5.12. The molecule has 1 aromatic carbocycles. The van der Waals surface area contributed by atoms with Crippen molar-refractivity contribution in [3.63, 3.8) is 0 Å². The van der Waals surface area contributed by atoms with Crippen molar-refractivity contribution in [3.8, 4) is 5.69 Å². The van der Waals surface area contributed by atoms with E-state index in [1.54, 1.807) is 0 Å². The van der Waals surface area contributed by atoms with Crippen molar-refractivity contribution < 1.29 is 22.4 Å². The number of rotatable bonds is 3. The van der Waals surface area contributed by atoms with Crippen LogP contribution >= 0.6 is 11.6 Å². The zero-order valence-electron chi connectivity index (χ0n) is 9.58. The summed E-state index contributed by atoms with van der Waals surface area (Å²) in [7, 11) is 0. The molecule has 1 N–H and O–H groups in total. The second-order valence-electron chi connectivity index (χ2n) is 3.68. The van der Waals surface area contributed by atoms with E-state index in [2.05, 4.69) is 5.10 Å². The number of hydrogen-bond acceptors (Lipinski definition) is 2. The predicted octanol–water partition coefficient (Wildman–Crippen LogP) is 3.25. The third-order valence-electron chi connectivity index (χ3n) is 2.34. The minimum Gasteiger partial charge on any atom is -0.312 e. The summed E-state index contributed by atoms with van der Waals surface area (Å²) in [6.07, 6.45) is -4.52. The van der Waals surface area contributed by atoms with E-state index in [1.807, 2.05) is 5.32 Å². The first-order valence-corrected chi connectivity index (χ1v) is 5.53. The third-order valence-corrected chi connectivity index (χ3v) is 2.65. The van der Waals surface area contributed by atoms with Crippen LogP contribution in [0.4, 0.5) is 23.4 Å². The largest absolute Gasteiger partial charge is 0.433 e. The number of aromatic nitrogens is 2. The van der Waals surface area contributed by atoms with Gasteiger partial charge in [-0.3, -0.25) is 4.79 Å². The fourth-order valence-electron chi connectivity index (χ4n) is 1.55. The van der Waals surface area contributed by atoms with E-state index in [-0.39, 0.29) is 22.9 Å². The van der Waals surface area contributed by atoms with E-state index in [1.165, 1.54) is 0 Å². The molecule has 0 radical (unpaired) electrons. The maximum absolute atomic E-state index is 12.9. The number of alkyl halides is 3. The lowest BCUT2D eigenvalue weighted by Crippen LogP contribution is -2.13. The molecule has 0 aliphatic carbocycles. The first-order valence-electron chi connectivity index (χ1n) is 5.16. The monoisotopic (exact) mass is 307 g/mol. The van der Waals surface area contributed by atoms with Crippen LogP contribution in [0, 0.1) is 5.82 Å². The lowest BCUT2D eigenvalue weighted by atomic mass is 10.3. The van der Waals surface area contributed by atoms with Crippen LogP contribution in [0.3, 0.4) is 0 Å². The van der Waals surface area contributed by atoms with Gasteiger partial charge in [0.2, 0.25) is 6.41 Å². The minimum absolute atomic E-state index is 0.153. The molecule has 2 rings (SSSR count). The highest BCUT2D eigenvalue weighted by atomic mass is 35.5. The molecule has 106 valence electrons. The molecule has 0 aliphatic rings. The summed E-state index contributed by atoms with van der Waals surface area (Å²) < 4.78 is 52.1. The molecule has 20 heavy (non-hydrogen) atoms. The Bertz CT molecular complexity index is 654. The average molecular weight is 308 g/mol. The number of nitrogens with one attached hydrogen (secondary N) is 1. The molecule has 0 fully saturated rings. The number of carbonyl (C=O) groups excluding carboxylic acids is 1. The van der Waals surface area contributed by atoms with Crippen molar-refractivity contribution in [2.24, 2.45) is 0 Å². The van der Waals surface area contributed by atoms with Gasteiger partial charge in [-0.15, -0.1) is 5.10 Å². The van der Waals surface area contributed by atoms with Gasteiger partial charge >= 0.3 is 6.18 Å². The predicted molar refractivity (Wildman–Crippen MR) is 63.2 cm³/mol. The van der Waals surface area contributed by atoms with Gasteiger partial charge in [0, 0.05) is 6.07 Å². The van der Waals surface area contributed by atoms with E-state index < -0.39 is 17.7 Å². The first-order chi connectivity index (χ1) is 9.32. The number of hydrogen-bond donors (Lipinski definition) is 1. The van der Waals surface area contributed by atoms with Crippen LogP contribution in [-0.2, 0) is 11.0 Å². The van der Waals surface area contributed by atoms with Crippen LogP contribution in [0.1, 0.15) is 5.69 Å². The van der Waals surface area contributed by atoms with E-state index >= 15 is 0 Å². The Morgan fingerprint density at radius 1 is 1.30 bits per heavy atom. The molecule has 1 aromatic heterocycles. The molecular weight excluding hydrogens is 302 g/mol. The number of anilines is 1. The number of nitrogens with zero attached hydrogens (tertiary/aromatic N) is 2. The Morgan fingerprint density at radius 3 is 2.55 bits per heavy atom. The highest BCUT2D eigenvalue weighted by Crippen LogP contribution is 2.34. The molecule has 4 nitrogen and oxygen atoms in total. The molecule has 0 saturated heterocycles. The number of halogens is 5. The van der Waals surface area contributed by atoms with Gasteiger partial charge in [0.25, 0.3) is 0 Å². The van der Waals surface area contributed by atoms with Crippen molar-refractivity contribution >= 4 is 23.8 Å². The molecule has 0 bridgehead atoms. The number of benzene rings is 1. The second-order valence-corrected chi connectivity index (χ2v) is 4.09. The molecule has 1 heterocycles. The van der Waals surface area contributed by atoms with Crippen LogP contribution in [-0.4, -0.2) is 16.2 Å². The van der Waals surface area contributed by atoms with Gasteiger partial charge in [0.1, 0.15) is 5.82 Å². The fourth-order valence-corrected chi connectivity index (χ4v) is 1.80. The highest BCUT2D eigenvalue weighted by Gasteiger charge is 2.36. The smallest absolute Gasteiger partial charge is 0.312 e. The lowest BCUT2D eigenvalue weighted by Gasteiger charge is -2.11. The summed E-state index contributed by atoms with van der Waals surface area (Å²) in [5.41, 5.74) is -1.30. The SMILES string of the molecule is O=CNc1cc(C(F)(F)F)n(-c2ccc(F)cc2Cl)n1. The summed E-state index contributed by atoms with van der Waals surface area (Å²) in [5.74, 6) is -0.988. The Balaban J connectivity index is 2.62. The zero-order chi connectivity index (χ0) is 14.9. The average Bonchev–Trinajstić information content (AvgIpc) is 2.73. The lowest BCUT2D eigenvalue weighted by molar-refractivity contribution is -0.142. The molecule has 0 spiro atoms. The molecule has 0 unspecified atom stereocenters. The summed E-state index contributed by atoms with van der Waals surface area (Å²) in [4.78, 5) is 10.3. The molecule has 0 atom stereocenters. The summed E-state index contributed by atoms with van der Waals surface area (Å²) in [6.45, 7) is 0. The van der Waals surface area contributed by atoms with E-state index in [0.717, 1.165) is 18.2 Å². The number of amides is 1. The van der Waals surface area contributed by atoms with Gasteiger partial charge in [-0.25, -0.2) is 9.07 Å². The van der Waals surface area contributed by atoms with Crippen LogP contribution in [0.2, 0.25) is 5.02 Å². The van der Waals surface area contributed by atoms with E-state index in [9.17, 15) is 22.4 Å². The summed E-state index contributed by atoms with van der Waals surface area (Å²) in [5, 5.41) is 5.35. The van der Waals surface area contributed by atoms with Gasteiger partial charge in [0.05, 0.1) is 10.7 Å². The maximum atomic E-state index is 12.9. The van der Waals surface area contributed by atoms with Crippen molar-refractivity contribution in [1.29, 1.82) is 0 Å². The third kappa shape index (κ3) is 2.74. The van der Waals surface area contributed by atoms with E-state index in [0.29, 0.717) is 10.7 Å². The van der Waals surface area contributed by atoms with Crippen LogP contribution < -0.4 is 5.32 Å². The Labute approximate surface area is 115 Å². The molecule has 9 heteroatoms. The first kappa shape index (κ1) is 14.3. The summed E-state index contributed by atoms with van der Waals surface area (Å²) in [6, 6.07) is 3.53. The van der Waals surface area contributed by atoms with E-state index in [4.69, 9.17) is 11.6 Å². The molecule has 1 amide bonds. The zero-order valence-corrected chi connectivity index (χ0v) is 10.3. The Kier molecular flexibility index (Phi) is 3.67. The molecule has 0 saturated carbocycles. The topological polar surface area (TPSA) is 46.9 Å². The van der Waals surface area contributed by atoms with Crippen LogP contribution in [0.25, 0.3) is 5.69 Å². The Morgan fingerprint density at radius 2 is 2.00 bits per heavy atom. The van der Waals surface area contributed by atoms with Crippen molar-refractivity contribution in [3.05, 3.63) is 40.8 Å². The summed E-state index contributed by atoms with van der Waals surface area (Å²) >= 11 is 5.71. The molecule has 0 aliphatic heterocycles. The molecular formula is C11H6ClF4N3O. The number of carbonyl (C=O) groups is 1. The van der Waals surface area contributed by atoms with Crippen LogP contribution in [0.15, 0.2) is 24.3 Å². The highest BCUT2D eigenvalue weighted by molar-refractivity contribution is 6.32. The van der Waals surface area contributed by atoms with Gasteiger partial charge in [0.15, 0.2) is 11.5 Å². The quantitative estimate of drug-likeness (QED) is 0.699. The Hall–Kier alpha value is -2.09. The van der Waals surface area contributed by atoms with Gasteiger partial charge in [-0.2, -0.15) is 13.2 Å². The van der Waals surface area contributed by atoms with Gasteiger partial charge in [-0.05, 0) is 18.2 Å².